The lowest BCUT2D eigenvalue weighted by atomic mass is 10.1. The van der Waals surface area contributed by atoms with Crippen molar-refractivity contribution in [2.24, 2.45) is 5.73 Å². The highest BCUT2D eigenvalue weighted by Gasteiger charge is 2.06. The van der Waals surface area contributed by atoms with Crippen LogP contribution in [-0.2, 0) is 4.79 Å². The predicted octanol–water partition coefficient (Wildman–Crippen LogP) is 2.36. The standard InChI is InChI=1S/C12H18N2OS.ClH/c1-9-4-3-5-10(2)12(9)14-11(15)8-16-7-6-13;/h3-5H,6-8,13H2,1-2H3,(H,14,15);1H. The maximum atomic E-state index is 11.6. The van der Waals surface area contributed by atoms with Crippen molar-refractivity contribution >= 4 is 35.8 Å². The number of nitrogens with one attached hydrogen (secondary N) is 1. The van der Waals surface area contributed by atoms with Gasteiger partial charge in [0.1, 0.15) is 0 Å². The number of anilines is 1. The Morgan fingerprint density at radius 3 is 2.47 bits per heavy atom. The lowest BCUT2D eigenvalue weighted by Crippen LogP contribution is -2.16. The Balaban J connectivity index is 0.00000256. The fourth-order valence-electron chi connectivity index (χ4n) is 1.44. The molecule has 0 saturated carbocycles. The second kappa shape index (κ2) is 8.39. The predicted molar refractivity (Wildman–Crippen MR) is 78.2 cm³/mol. The van der Waals surface area contributed by atoms with Crippen molar-refractivity contribution in [3.8, 4) is 0 Å². The van der Waals surface area contributed by atoms with Crippen LogP contribution in [0.1, 0.15) is 11.1 Å². The number of hydrogen-bond acceptors (Lipinski definition) is 3. The number of halogens is 1. The molecule has 0 bridgehead atoms. The topological polar surface area (TPSA) is 55.1 Å². The zero-order valence-electron chi connectivity index (χ0n) is 10.2. The van der Waals surface area contributed by atoms with E-state index in [0.29, 0.717) is 12.3 Å². The average molecular weight is 275 g/mol. The summed E-state index contributed by atoms with van der Waals surface area (Å²) in [7, 11) is 0. The molecule has 0 unspecified atom stereocenters. The first kappa shape index (κ1) is 16.3. The molecule has 1 aromatic carbocycles. The van der Waals surface area contributed by atoms with Crippen molar-refractivity contribution in [1.82, 2.24) is 0 Å². The number of benzene rings is 1. The van der Waals surface area contributed by atoms with Crippen molar-refractivity contribution in [2.45, 2.75) is 13.8 Å². The molecule has 0 radical (unpaired) electrons. The Hall–Kier alpha value is -0.710. The number of nitrogens with two attached hydrogens (primary N) is 1. The van der Waals surface area contributed by atoms with E-state index in [1.54, 1.807) is 11.8 Å². The summed E-state index contributed by atoms with van der Waals surface area (Å²) in [6, 6.07) is 5.98. The van der Waals surface area contributed by atoms with Crippen LogP contribution in [0.2, 0.25) is 0 Å². The van der Waals surface area contributed by atoms with Gasteiger partial charge in [0.25, 0.3) is 0 Å². The van der Waals surface area contributed by atoms with Crippen molar-refractivity contribution in [2.75, 3.05) is 23.4 Å². The van der Waals surface area contributed by atoms with Crippen molar-refractivity contribution in [3.63, 3.8) is 0 Å². The van der Waals surface area contributed by atoms with Gasteiger partial charge in [-0.1, -0.05) is 18.2 Å². The monoisotopic (exact) mass is 274 g/mol. The first-order valence-electron chi connectivity index (χ1n) is 5.29. The van der Waals surface area contributed by atoms with Crippen molar-refractivity contribution < 1.29 is 4.79 Å². The van der Waals surface area contributed by atoms with Crippen molar-refractivity contribution in [1.29, 1.82) is 0 Å². The second-order valence-corrected chi connectivity index (χ2v) is 4.76. The minimum atomic E-state index is 0. The lowest BCUT2D eigenvalue weighted by Gasteiger charge is -2.11. The lowest BCUT2D eigenvalue weighted by molar-refractivity contribution is -0.113. The molecule has 0 aliphatic rings. The van der Waals surface area contributed by atoms with E-state index in [1.165, 1.54) is 0 Å². The maximum absolute atomic E-state index is 11.6. The van der Waals surface area contributed by atoms with Crippen molar-refractivity contribution in [3.05, 3.63) is 29.3 Å². The molecule has 1 aromatic rings. The van der Waals surface area contributed by atoms with E-state index in [0.717, 1.165) is 22.6 Å². The van der Waals surface area contributed by atoms with Crippen LogP contribution in [-0.4, -0.2) is 24.0 Å². The largest absolute Gasteiger partial charge is 0.330 e. The van der Waals surface area contributed by atoms with Gasteiger partial charge < -0.3 is 11.1 Å². The molecule has 96 valence electrons. The zero-order valence-corrected chi connectivity index (χ0v) is 11.8. The molecule has 3 nitrogen and oxygen atoms in total. The van der Waals surface area contributed by atoms with Gasteiger partial charge in [-0.2, -0.15) is 11.8 Å². The van der Waals surface area contributed by atoms with E-state index in [9.17, 15) is 4.79 Å². The third-order valence-corrected chi connectivity index (χ3v) is 3.23. The number of aryl methyl sites for hydroxylation is 2. The van der Waals surface area contributed by atoms with Gasteiger partial charge in [-0.3, -0.25) is 4.79 Å². The highest BCUT2D eigenvalue weighted by Crippen LogP contribution is 2.19. The fraction of sp³-hybridized carbons (Fsp3) is 0.417. The first-order chi connectivity index (χ1) is 7.65. The quantitative estimate of drug-likeness (QED) is 0.811. The summed E-state index contributed by atoms with van der Waals surface area (Å²) in [5, 5.41) is 2.94. The molecule has 1 amide bonds. The van der Waals surface area contributed by atoms with Crippen LogP contribution >= 0.6 is 24.2 Å². The molecule has 0 saturated heterocycles. The third kappa shape index (κ3) is 5.44. The molecular weight excluding hydrogens is 256 g/mol. The van der Waals surface area contributed by atoms with E-state index < -0.39 is 0 Å². The summed E-state index contributed by atoms with van der Waals surface area (Å²) >= 11 is 1.56. The summed E-state index contributed by atoms with van der Waals surface area (Å²) in [5.41, 5.74) is 8.48. The summed E-state index contributed by atoms with van der Waals surface area (Å²) in [6.45, 7) is 4.60. The van der Waals surface area contributed by atoms with E-state index in [1.807, 2.05) is 32.0 Å². The molecule has 0 aliphatic carbocycles. The Labute approximate surface area is 113 Å². The molecular formula is C12H19ClN2OS. The second-order valence-electron chi connectivity index (χ2n) is 3.66. The SMILES string of the molecule is Cc1cccc(C)c1NC(=O)CSCCN.Cl. The summed E-state index contributed by atoms with van der Waals surface area (Å²) < 4.78 is 0. The normalized spacial score (nSPS) is 9.59. The molecule has 0 heterocycles. The molecule has 0 fully saturated rings. The van der Waals surface area contributed by atoms with Gasteiger partial charge in [-0.15, -0.1) is 12.4 Å². The fourth-order valence-corrected chi connectivity index (χ4v) is 2.00. The van der Waals surface area contributed by atoms with Gasteiger partial charge >= 0.3 is 0 Å². The summed E-state index contributed by atoms with van der Waals surface area (Å²) in [5.74, 6) is 1.32. The average Bonchev–Trinajstić information content (AvgIpc) is 2.24. The Kier molecular flexibility index (Phi) is 8.04. The van der Waals surface area contributed by atoms with Gasteiger partial charge in [0, 0.05) is 18.0 Å². The van der Waals surface area contributed by atoms with Crippen LogP contribution in [0.5, 0.6) is 0 Å². The van der Waals surface area contributed by atoms with Gasteiger partial charge in [0.15, 0.2) is 0 Å². The summed E-state index contributed by atoms with van der Waals surface area (Å²) in [4.78, 5) is 11.6. The molecule has 0 spiro atoms. The molecule has 1 rings (SSSR count). The van der Waals surface area contributed by atoms with E-state index >= 15 is 0 Å². The van der Waals surface area contributed by atoms with Gasteiger partial charge in [-0.05, 0) is 25.0 Å². The van der Waals surface area contributed by atoms with Crippen LogP contribution in [0.25, 0.3) is 0 Å². The zero-order chi connectivity index (χ0) is 12.0. The number of carbonyl (C=O) groups is 1. The number of thioether (sulfide) groups is 1. The smallest absolute Gasteiger partial charge is 0.234 e. The minimum absolute atomic E-state index is 0. The summed E-state index contributed by atoms with van der Waals surface area (Å²) in [6.07, 6.45) is 0. The number of rotatable bonds is 5. The first-order valence-corrected chi connectivity index (χ1v) is 6.44. The number of hydrogen-bond donors (Lipinski definition) is 2. The molecule has 0 atom stereocenters. The van der Waals surface area contributed by atoms with Crippen LogP contribution in [0.4, 0.5) is 5.69 Å². The van der Waals surface area contributed by atoms with Gasteiger partial charge in [0.2, 0.25) is 5.91 Å². The number of para-hydroxylation sites is 1. The van der Waals surface area contributed by atoms with Crippen LogP contribution in [0, 0.1) is 13.8 Å². The maximum Gasteiger partial charge on any atom is 0.234 e. The van der Waals surface area contributed by atoms with Crippen LogP contribution in [0.3, 0.4) is 0 Å². The molecule has 0 aromatic heterocycles. The Morgan fingerprint density at radius 1 is 1.35 bits per heavy atom. The third-order valence-electron chi connectivity index (χ3n) is 2.24. The molecule has 5 heteroatoms. The van der Waals surface area contributed by atoms with E-state index in [-0.39, 0.29) is 18.3 Å². The van der Waals surface area contributed by atoms with E-state index in [2.05, 4.69) is 5.32 Å². The van der Waals surface area contributed by atoms with Crippen LogP contribution in [0.15, 0.2) is 18.2 Å². The highest BCUT2D eigenvalue weighted by molar-refractivity contribution is 7.99. The van der Waals surface area contributed by atoms with Gasteiger partial charge in [0.05, 0.1) is 5.75 Å². The molecule has 0 aliphatic heterocycles. The molecule has 17 heavy (non-hydrogen) atoms. The Morgan fingerprint density at radius 2 is 1.94 bits per heavy atom. The van der Waals surface area contributed by atoms with E-state index in [4.69, 9.17) is 5.73 Å². The Bertz CT molecular complexity index is 351. The van der Waals surface area contributed by atoms with Crippen LogP contribution < -0.4 is 11.1 Å². The van der Waals surface area contributed by atoms with Gasteiger partial charge in [-0.25, -0.2) is 0 Å². The number of carbonyl (C=O) groups excluding carboxylic acids is 1. The highest BCUT2D eigenvalue weighted by atomic mass is 35.5. The minimum Gasteiger partial charge on any atom is -0.330 e. The number of amides is 1. The molecule has 3 N–H and O–H groups in total.